The summed E-state index contributed by atoms with van der Waals surface area (Å²) in [4.78, 5) is 4.57. The molecule has 0 radical (unpaired) electrons. The number of aromatic nitrogens is 2. The van der Waals surface area contributed by atoms with E-state index in [0.29, 0.717) is 4.80 Å². The van der Waals surface area contributed by atoms with E-state index in [1.54, 1.807) is 0 Å². The van der Waals surface area contributed by atoms with Gasteiger partial charge in [0.15, 0.2) is 5.82 Å². The van der Waals surface area contributed by atoms with E-state index in [4.69, 9.17) is 4.52 Å². The number of hydrogen-bond donors (Lipinski definition) is 1. The second-order valence-electron chi connectivity index (χ2n) is 2.91. The third-order valence-corrected chi connectivity index (χ3v) is 2.36. The number of halogens is 1. The number of hydrogen-bond acceptors (Lipinski definition) is 4. The van der Waals surface area contributed by atoms with Crippen molar-refractivity contribution in [1.82, 2.24) is 15.5 Å². The van der Waals surface area contributed by atoms with Crippen LogP contribution < -0.4 is 5.32 Å². The fourth-order valence-electron chi connectivity index (χ4n) is 1.43. The van der Waals surface area contributed by atoms with Crippen molar-refractivity contribution in [3.8, 4) is 0 Å². The molecule has 1 unspecified atom stereocenters. The molecule has 1 fully saturated rings. The molecule has 0 aliphatic carbocycles. The number of nitrogens with zero attached hydrogens (tertiary/aromatic N) is 2. The predicted molar refractivity (Wildman–Crippen MR) is 46.6 cm³/mol. The largest absolute Gasteiger partial charge is 0.327 e. The Hall–Kier alpha value is -0.420. The molecule has 0 aromatic carbocycles. The highest BCUT2D eigenvalue weighted by atomic mass is 79.9. The third kappa shape index (κ3) is 1.67. The van der Waals surface area contributed by atoms with Crippen LogP contribution in [0.1, 0.15) is 31.1 Å². The topological polar surface area (TPSA) is 51.0 Å². The van der Waals surface area contributed by atoms with Crippen molar-refractivity contribution in [2.45, 2.75) is 25.3 Å². The van der Waals surface area contributed by atoms with E-state index in [0.717, 1.165) is 18.8 Å². The number of nitrogens with one attached hydrogen (secondary N) is 1. The van der Waals surface area contributed by atoms with Gasteiger partial charge in [-0.3, -0.25) is 0 Å². The van der Waals surface area contributed by atoms with Crippen molar-refractivity contribution in [2.75, 3.05) is 6.54 Å². The summed E-state index contributed by atoms with van der Waals surface area (Å²) in [6, 6.07) is 0.286. The van der Waals surface area contributed by atoms with Crippen LogP contribution in [0.2, 0.25) is 0 Å². The van der Waals surface area contributed by atoms with Crippen LogP contribution in [0.5, 0.6) is 0 Å². The maximum absolute atomic E-state index is 4.83. The first kappa shape index (κ1) is 8.19. The van der Waals surface area contributed by atoms with E-state index >= 15 is 0 Å². The maximum atomic E-state index is 4.83. The molecule has 66 valence electrons. The molecule has 2 rings (SSSR count). The summed E-state index contributed by atoms with van der Waals surface area (Å²) < 4.78 is 4.83. The van der Waals surface area contributed by atoms with E-state index in [-0.39, 0.29) is 6.04 Å². The van der Waals surface area contributed by atoms with Crippen LogP contribution in [0.25, 0.3) is 0 Å². The Bertz CT molecular complexity index is 257. The van der Waals surface area contributed by atoms with Crippen molar-refractivity contribution in [3.63, 3.8) is 0 Å². The van der Waals surface area contributed by atoms with Gasteiger partial charge in [-0.15, -0.1) is 0 Å². The molecule has 1 aromatic heterocycles. The third-order valence-electron chi connectivity index (χ3n) is 2.04. The Morgan fingerprint density at radius 3 is 3.00 bits per heavy atom. The second kappa shape index (κ2) is 3.53. The Kier molecular flexibility index (Phi) is 2.41. The standard InChI is InChI=1S/C7H10BrN3O/c8-7-10-6(11-12-7)5-3-1-2-4-9-5/h5,9H,1-4H2. The second-order valence-corrected chi connectivity index (χ2v) is 3.59. The molecular weight excluding hydrogens is 222 g/mol. The monoisotopic (exact) mass is 231 g/mol. The van der Waals surface area contributed by atoms with Gasteiger partial charge in [0, 0.05) is 15.9 Å². The first-order valence-corrected chi connectivity index (χ1v) is 4.88. The summed E-state index contributed by atoms with van der Waals surface area (Å²) in [6.45, 7) is 1.05. The molecule has 1 saturated heterocycles. The molecule has 5 heteroatoms. The Balaban J connectivity index is 2.08. The molecule has 0 spiro atoms. The molecule has 12 heavy (non-hydrogen) atoms. The zero-order valence-electron chi connectivity index (χ0n) is 6.59. The van der Waals surface area contributed by atoms with Crippen LogP contribution >= 0.6 is 15.9 Å². The molecule has 1 N–H and O–H groups in total. The summed E-state index contributed by atoms with van der Waals surface area (Å²) in [6.07, 6.45) is 3.59. The zero-order chi connectivity index (χ0) is 8.39. The van der Waals surface area contributed by atoms with Gasteiger partial charge >= 0.3 is 0 Å². The van der Waals surface area contributed by atoms with Gasteiger partial charge in [0.25, 0.3) is 4.80 Å². The molecule has 1 atom stereocenters. The van der Waals surface area contributed by atoms with Gasteiger partial charge in [0.1, 0.15) is 0 Å². The maximum Gasteiger partial charge on any atom is 0.293 e. The SMILES string of the molecule is Brc1nc(C2CCCCN2)no1. The van der Waals surface area contributed by atoms with Crippen LogP contribution in [0.3, 0.4) is 0 Å². The molecule has 0 amide bonds. The first-order valence-electron chi connectivity index (χ1n) is 4.09. The van der Waals surface area contributed by atoms with Crippen LogP contribution in [0.15, 0.2) is 9.32 Å². The van der Waals surface area contributed by atoms with Crippen molar-refractivity contribution in [2.24, 2.45) is 0 Å². The van der Waals surface area contributed by atoms with Crippen LogP contribution in [0, 0.1) is 0 Å². The summed E-state index contributed by atoms with van der Waals surface area (Å²) in [5.74, 6) is 0.765. The average molecular weight is 232 g/mol. The minimum Gasteiger partial charge on any atom is -0.327 e. The molecule has 4 nitrogen and oxygen atoms in total. The minimum atomic E-state index is 0.286. The molecule has 1 aromatic rings. The summed E-state index contributed by atoms with van der Waals surface area (Å²) in [5, 5.41) is 7.19. The minimum absolute atomic E-state index is 0.286. The zero-order valence-corrected chi connectivity index (χ0v) is 8.17. The average Bonchev–Trinajstić information content (AvgIpc) is 2.54. The first-order chi connectivity index (χ1) is 5.86. The highest BCUT2D eigenvalue weighted by Crippen LogP contribution is 2.21. The van der Waals surface area contributed by atoms with Gasteiger partial charge in [-0.1, -0.05) is 11.6 Å². The van der Waals surface area contributed by atoms with Crippen molar-refractivity contribution in [1.29, 1.82) is 0 Å². The Morgan fingerprint density at radius 1 is 1.50 bits per heavy atom. The van der Waals surface area contributed by atoms with Crippen molar-refractivity contribution in [3.05, 3.63) is 10.6 Å². The number of rotatable bonds is 1. The van der Waals surface area contributed by atoms with E-state index < -0.39 is 0 Å². The lowest BCUT2D eigenvalue weighted by molar-refractivity contribution is 0.356. The van der Waals surface area contributed by atoms with Crippen LogP contribution in [-0.2, 0) is 0 Å². The van der Waals surface area contributed by atoms with E-state index in [1.165, 1.54) is 12.8 Å². The molecule has 0 bridgehead atoms. The van der Waals surface area contributed by atoms with Crippen LogP contribution in [0.4, 0.5) is 0 Å². The summed E-state index contributed by atoms with van der Waals surface area (Å²) in [5.41, 5.74) is 0. The smallest absolute Gasteiger partial charge is 0.293 e. The highest BCUT2D eigenvalue weighted by Gasteiger charge is 2.19. The van der Waals surface area contributed by atoms with Crippen molar-refractivity contribution >= 4 is 15.9 Å². The fraction of sp³-hybridized carbons (Fsp3) is 0.714. The predicted octanol–water partition coefficient (Wildman–Crippen LogP) is 1.65. The Morgan fingerprint density at radius 2 is 2.42 bits per heavy atom. The number of piperidine rings is 1. The van der Waals surface area contributed by atoms with E-state index in [2.05, 4.69) is 31.4 Å². The summed E-state index contributed by atoms with van der Waals surface area (Å²) in [7, 11) is 0. The Labute approximate surface area is 78.9 Å². The van der Waals surface area contributed by atoms with Gasteiger partial charge in [0.2, 0.25) is 0 Å². The normalized spacial score (nSPS) is 24.2. The fourth-order valence-corrected chi connectivity index (χ4v) is 1.68. The lowest BCUT2D eigenvalue weighted by Gasteiger charge is -2.19. The van der Waals surface area contributed by atoms with Gasteiger partial charge in [-0.25, -0.2) is 0 Å². The lowest BCUT2D eigenvalue weighted by atomic mass is 10.1. The van der Waals surface area contributed by atoms with Gasteiger partial charge in [-0.05, 0) is 19.4 Å². The highest BCUT2D eigenvalue weighted by molar-refractivity contribution is 9.10. The molecule has 2 heterocycles. The van der Waals surface area contributed by atoms with Crippen molar-refractivity contribution < 1.29 is 4.52 Å². The van der Waals surface area contributed by atoms with E-state index in [1.807, 2.05) is 0 Å². The molecule has 1 aliphatic rings. The quantitative estimate of drug-likeness (QED) is 0.799. The lowest BCUT2D eigenvalue weighted by Crippen LogP contribution is -2.27. The van der Waals surface area contributed by atoms with Gasteiger partial charge in [0.05, 0.1) is 6.04 Å². The summed E-state index contributed by atoms with van der Waals surface area (Å²) >= 11 is 3.13. The van der Waals surface area contributed by atoms with Gasteiger partial charge in [-0.2, -0.15) is 4.98 Å². The molecule has 1 aliphatic heterocycles. The van der Waals surface area contributed by atoms with E-state index in [9.17, 15) is 0 Å². The molecule has 0 saturated carbocycles. The molecular formula is C7H10BrN3O. The van der Waals surface area contributed by atoms with Crippen LogP contribution in [-0.4, -0.2) is 16.7 Å². The van der Waals surface area contributed by atoms with Gasteiger partial charge < -0.3 is 9.84 Å².